The van der Waals surface area contributed by atoms with Crippen molar-refractivity contribution in [2.24, 2.45) is 5.92 Å². The lowest BCUT2D eigenvalue weighted by Gasteiger charge is -2.24. The lowest BCUT2D eigenvalue weighted by atomic mass is 9.92. The fraction of sp³-hybridized carbons (Fsp3) is 0.318. The number of aryl methyl sites for hydroxylation is 1. The van der Waals surface area contributed by atoms with Gasteiger partial charge in [-0.3, -0.25) is 9.59 Å². The average molecular weight is 415 g/mol. The maximum absolute atomic E-state index is 12.6. The smallest absolute Gasteiger partial charge is 0.339 e. The molecule has 2 atom stereocenters. The lowest BCUT2D eigenvalue weighted by Crippen LogP contribution is -2.40. The Morgan fingerprint density at radius 1 is 1.10 bits per heavy atom. The number of amides is 2. The number of methoxy groups -OCH3 is 1. The predicted octanol–water partition coefficient (Wildman–Crippen LogP) is 3.90. The summed E-state index contributed by atoms with van der Waals surface area (Å²) in [7, 11) is 1.26. The van der Waals surface area contributed by atoms with Crippen molar-refractivity contribution >= 4 is 35.1 Å². The average Bonchev–Trinajstić information content (AvgIpc) is 2.86. The highest BCUT2D eigenvalue weighted by Gasteiger charge is 2.28. The van der Waals surface area contributed by atoms with E-state index in [9.17, 15) is 14.4 Å². The molecule has 0 aliphatic heterocycles. The van der Waals surface area contributed by atoms with Crippen molar-refractivity contribution in [2.75, 3.05) is 12.4 Å². The Morgan fingerprint density at radius 3 is 2.59 bits per heavy atom. The summed E-state index contributed by atoms with van der Waals surface area (Å²) in [6.07, 6.45) is 2.97. The van der Waals surface area contributed by atoms with Crippen molar-refractivity contribution in [3.8, 4) is 0 Å². The fourth-order valence-corrected chi connectivity index (χ4v) is 3.89. The van der Waals surface area contributed by atoms with E-state index >= 15 is 0 Å². The number of fused-ring (bicyclic) bond motifs is 1. The minimum atomic E-state index is -0.791. The first-order valence-electron chi connectivity index (χ1n) is 9.48. The van der Waals surface area contributed by atoms with E-state index in [0.717, 1.165) is 24.8 Å². The van der Waals surface area contributed by atoms with E-state index < -0.39 is 17.8 Å². The van der Waals surface area contributed by atoms with Gasteiger partial charge in [0.05, 0.1) is 23.7 Å². The lowest BCUT2D eigenvalue weighted by molar-refractivity contribution is -0.136. The van der Waals surface area contributed by atoms with Gasteiger partial charge in [-0.25, -0.2) is 4.79 Å². The molecule has 0 bridgehead atoms. The fourth-order valence-electron chi connectivity index (χ4n) is 3.64. The quantitative estimate of drug-likeness (QED) is 0.453. The molecule has 0 fully saturated rings. The summed E-state index contributed by atoms with van der Waals surface area (Å²) in [4.78, 5) is 36.6. The Hall–Kier alpha value is -2.86. The molecule has 0 heterocycles. The molecule has 2 aromatic rings. The van der Waals surface area contributed by atoms with Gasteiger partial charge in [-0.05, 0) is 54.5 Å². The third-order valence-electron chi connectivity index (χ3n) is 5.19. The topological polar surface area (TPSA) is 84.5 Å². The highest BCUT2D eigenvalue weighted by molar-refractivity contribution is 6.40. The number of anilines is 1. The molecule has 29 heavy (non-hydrogen) atoms. The van der Waals surface area contributed by atoms with Gasteiger partial charge in [-0.1, -0.05) is 42.8 Å². The summed E-state index contributed by atoms with van der Waals surface area (Å²) in [6, 6.07) is 12.1. The Kier molecular flexibility index (Phi) is 6.54. The van der Waals surface area contributed by atoms with Gasteiger partial charge in [0, 0.05) is 5.69 Å². The molecule has 6 nitrogen and oxygen atoms in total. The molecule has 0 spiro atoms. The maximum atomic E-state index is 12.6. The van der Waals surface area contributed by atoms with E-state index in [1.807, 2.05) is 18.2 Å². The Labute approximate surface area is 174 Å². The summed E-state index contributed by atoms with van der Waals surface area (Å²) < 4.78 is 4.63. The van der Waals surface area contributed by atoms with Crippen LogP contribution in [0.5, 0.6) is 0 Å². The molecule has 152 valence electrons. The molecule has 0 saturated carbocycles. The number of carbonyl (C=O) groups excluding carboxylic acids is 3. The molecule has 0 radical (unpaired) electrons. The van der Waals surface area contributed by atoms with Crippen LogP contribution in [0.25, 0.3) is 0 Å². The highest BCUT2D eigenvalue weighted by atomic mass is 35.5. The number of carbonyl (C=O) groups is 3. The maximum Gasteiger partial charge on any atom is 0.339 e. The van der Waals surface area contributed by atoms with Crippen molar-refractivity contribution < 1.29 is 19.1 Å². The highest BCUT2D eigenvalue weighted by Crippen LogP contribution is 2.33. The van der Waals surface area contributed by atoms with Crippen molar-refractivity contribution in [1.82, 2.24) is 5.32 Å². The van der Waals surface area contributed by atoms with Crippen LogP contribution in [0.4, 0.5) is 5.69 Å². The van der Waals surface area contributed by atoms with Crippen LogP contribution in [0, 0.1) is 5.92 Å². The van der Waals surface area contributed by atoms with E-state index in [1.54, 1.807) is 0 Å². The Bertz CT molecular complexity index is 944. The Morgan fingerprint density at radius 2 is 1.86 bits per heavy atom. The van der Waals surface area contributed by atoms with Crippen molar-refractivity contribution in [2.45, 2.75) is 32.2 Å². The summed E-state index contributed by atoms with van der Waals surface area (Å²) in [5, 5.41) is 5.53. The van der Waals surface area contributed by atoms with Gasteiger partial charge in [0.1, 0.15) is 0 Å². The monoisotopic (exact) mass is 414 g/mol. The first kappa shape index (κ1) is 20.9. The second-order valence-corrected chi connectivity index (χ2v) is 7.57. The first-order chi connectivity index (χ1) is 13.9. The zero-order valence-electron chi connectivity index (χ0n) is 16.3. The molecule has 0 saturated heterocycles. The molecule has 1 aliphatic carbocycles. The van der Waals surface area contributed by atoms with Gasteiger partial charge in [-0.2, -0.15) is 0 Å². The van der Waals surface area contributed by atoms with E-state index in [2.05, 4.69) is 28.4 Å². The van der Waals surface area contributed by atoms with Crippen molar-refractivity contribution in [1.29, 1.82) is 0 Å². The second kappa shape index (κ2) is 9.09. The number of esters is 1. The number of benzene rings is 2. The molecule has 1 aliphatic rings. The van der Waals surface area contributed by atoms with Crippen LogP contribution in [0.2, 0.25) is 5.02 Å². The van der Waals surface area contributed by atoms with Crippen LogP contribution >= 0.6 is 11.6 Å². The summed E-state index contributed by atoms with van der Waals surface area (Å²) in [6.45, 7) is 2.08. The van der Waals surface area contributed by atoms with Crippen molar-refractivity contribution in [3.05, 3.63) is 64.2 Å². The van der Waals surface area contributed by atoms with Crippen LogP contribution < -0.4 is 10.6 Å². The standard InChI is InChI=1S/C22H23ClN2O4/c1-13-6-5-8-14-7-3-4-9-16(14)19(13)25-21(27)20(26)24-15-10-11-17(18(23)12-15)22(28)29-2/h3-4,7,9-13,19H,5-6,8H2,1-2H3,(H,24,26)(H,25,27). The molecule has 0 aromatic heterocycles. The van der Waals surface area contributed by atoms with E-state index in [1.165, 1.54) is 30.9 Å². The normalized spacial score (nSPS) is 18.2. The molecular formula is C22H23ClN2O4. The van der Waals surface area contributed by atoms with Crippen molar-refractivity contribution in [3.63, 3.8) is 0 Å². The van der Waals surface area contributed by atoms with Crippen LogP contribution in [0.15, 0.2) is 42.5 Å². The molecular weight excluding hydrogens is 392 g/mol. The first-order valence-corrected chi connectivity index (χ1v) is 9.86. The number of halogens is 1. The molecule has 7 heteroatoms. The Balaban J connectivity index is 1.72. The number of hydrogen-bond acceptors (Lipinski definition) is 4. The van der Waals surface area contributed by atoms with Gasteiger partial charge in [0.2, 0.25) is 0 Å². The largest absolute Gasteiger partial charge is 0.465 e. The van der Waals surface area contributed by atoms with E-state index in [0.29, 0.717) is 5.69 Å². The van der Waals surface area contributed by atoms with Crippen LogP contribution in [0.1, 0.15) is 47.3 Å². The van der Waals surface area contributed by atoms with Gasteiger partial charge >= 0.3 is 17.8 Å². The third kappa shape index (κ3) is 4.77. The summed E-state index contributed by atoms with van der Waals surface area (Å²) in [5.74, 6) is -1.87. The summed E-state index contributed by atoms with van der Waals surface area (Å²) >= 11 is 6.06. The minimum absolute atomic E-state index is 0.126. The summed E-state index contributed by atoms with van der Waals surface area (Å²) in [5.41, 5.74) is 2.76. The minimum Gasteiger partial charge on any atom is -0.465 e. The number of nitrogens with one attached hydrogen (secondary N) is 2. The zero-order chi connectivity index (χ0) is 21.0. The van der Waals surface area contributed by atoms with Crippen LogP contribution in [-0.2, 0) is 20.7 Å². The third-order valence-corrected chi connectivity index (χ3v) is 5.50. The van der Waals surface area contributed by atoms with Crippen LogP contribution in [-0.4, -0.2) is 24.9 Å². The SMILES string of the molecule is COC(=O)c1ccc(NC(=O)C(=O)NC2c3ccccc3CCCC2C)cc1Cl. The predicted molar refractivity (Wildman–Crippen MR) is 111 cm³/mol. The molecule has 3 rings (SSSR count). The molecule has 2 N–H and O–H groups in total. The van der Waals surface area contributed by atoms with E-state index in [4.69, 9.17) is 11.6 Å². The number of ether oxygens (including phenoxy) is 1. The molecule has 2 aromatic carbocycles. The second-order valence-electron chi connectivity index (χ2n) is 7.16. The molecule has 2 amide bonds. The van der Waals surface area contributed by atoms with Gasteiger partial charge in [-0.15, -0.1) is 0 Å². The van der Waals surface area contributed by atoms with E-state index in [-0.39, 0.29) is 22.5 Å². The number of hydrogen-bond donors (Lipinski definition) is 2. The van der Waals surface area contributed by atoms with Gasteiger partial charge in [0.15, 0.2) is 0 Å². The van der Waals surface area contributed by atoms with Gasteiger partial charge in [0.25, 0.3) is 0 Å². The number of rotatable bonds is 3. The van der Waals surface area contributed by atoms with Crippen LogP contribution in [0.3, 0.4) is 0 Å². The van der Waals surface area contributed by atoms with Gasteiger partial charge < -0.3 is 15.4 Å². The molecule has 2 unspecified atom stereocenters. The zero-order valence-corrected chi connectivity index (χ0v) is 17.1.